The van der Waals surface area contributed by atoms with Gasteiger partial charge in [0.2, 0.25) is 0 Å². The highest BCUT2D eigenvalue weighted by Gasteiger charge is 2.73. The first-order chi connectivity index (χ1) is 39.5. The summed E-state index contributed by atoms with van der Waals surface area (Å²) in [6.07, 6.45) is 0.837. The zero-order valence-corrected chi connectivity index (χ0v) is 54.9. The van der Waals surface area contributed by atoms with Crippen LogP contribution in [0.4, 0.5) is 9.59 Å². The van der Waals surface area contributed by atoms with Crippen molar-refractivity contribution in [1.29, 1.82) is 0 Å². The van der Waals surface area contributed by atoms with Crippen molar-refractivity contribution in [1.82, 2.24) is 10.6 Å². The van der Waals surface area contributed by atoms with Crippen molar-refractivity contribution in [2.24, 2.45) is 0 Å². The fraction of sp³-hybridized carbons (Fsp3) is 0.562. The van der Waals surface area contributed by atoms with Crippen LogP contribution < -0.4 is 29.6 Å². The number of esters is 2. The Balaban J connectivity index is 1.40. The van der Waals surface area contributed by atoms with Gasteiger partial charge in [-0.15, -0.1) is 0 Å². The lowest BCUT2D eigenvalue weighted by Gasteiger charge is -2.43. The third-order valence-corrected chi connectivity index (χ3v) is 21.4. The molecule has 84 heavy (non-hydrogen) atoms. The molecule has 4 aromatic rings. The Hall–Kier alpha value is -5.85. The summed E-state index contributed by atoms with van der Waals surface area (Å²) in [5.74, 6) is 0.494. The summed E-state index contributed by atoms with van der Waals surface area (Å²) in [4.78, 5) is 57.7. The Morgan fingerprint density at radius 2 is 0.774 bits per heavy atom. The first-order valence-electron chi connectivity index (χ1n) is 28.9. The molecule has 0 saturated carbocycles. The van der Waals surface area contributed by atoms with E-state index < -0.39 is 74.2 Å². The molecule has 0 aromatic heterocycles. The maximum absolute atomic E-state index is 16.3. The molecule has 2 atom stereocenters. The van der Waals surface area contributed by atoms with Crippen molar-refractivity contribution in [3.63, 3.8) is 0 Å². The van der Waals surface area contributed by atoms with E-state index in [9.17, 15) is 9.59 Å². The molecule has 0 fully saturated rings. The van der Waals surface area contributed by atoms with Crippen molar-refractivity contribution in [3.05, 3.63) is 117 Å². The van der Waals surface area contributed by atoms with Gasteiger partial charge in [0.25, 0.3) is 0 Å². The van der Waals surface area contributed by atoms with Crippen LogP contribution in [0, 0.1) is 0 Å². The third-order valence-electron chi connectivity index (χ3n) is 15.8. The maximum Gasteiger partial charge on any atom is 0.500 e. The molecule has 18 nitrogen and oxygen atoms in total. The number of fused-ring (bicyclic) bond motifs is 2. The van der Waals surface area contributed by atoms with E-state index >= 15 is 9.59 Å². The normalized spacial score (nSPS) is 17.3. The number of hydrogen-bond acceptors (Lipinski definition) is 16. The van der Waals surface area contributed by atoms with Gasteiger partial charge < -0.3 is 65.6 Å². The van der Waals surface area contributed by atoms with Crippen molar-refractivity contribution >= 4 is 41.7 Å². The fourth-order valence-corrected chi connectivity index (χ4v) is 14.3. The van der Waals surface area contributed by atoms with Gasteiger partial charge in [-0.25, -0.2) is 9.59 Å². The molecular weight excluding hydrogens is 1110 g/mol. The standard InChI is InChI=1S/C64H92N2O16Si2/c1-59(2,3)45-39-49(61(7,8)9)53-51(41-45)63(55(67)81-53,43-23-27-47(28-24-43)77-33-21-35-79-57(69)65-31-19-37-83(71-13,72-14)73-15)64(52-42-46(60(4,5)6)40-50(62(10,11)12)54(52)82-56(64)68)44-25-29-48(30-26-44)78-34-22-36-80-58(70)66-32-20-38-84(74-16,75-17)76-18/h23-30,39-42H,19-22,31-38H2,1-18H3,(H,65,69)(H,66,70). The van der Waals surface area contributed by atoms with Gasteiger partial charge in [-0.05, 0) is 93.2 Å². The lowest BCUT2D eigenvalue weighted by molar-refractivity contribution is -0.147. The summed E-state index contributed by atoms with van der Waals surface area (Å²) in [7, 11) is 3.77. The zero-order chi connectivity index (χ0) is 62.1. The van der Waals surface area contributed by atoms with E-state index in [0.29, 0.717) is 96.1 Å². The Bertz CT molecular complexity index is 2700. The zero-order valence-electron chi connectivity index (χ0n) is 52.9. The smallest absolute Gasteiger partial charge is 0.493 e. The predicted octanol–water partition coefficient (Wildman–Crippen LogP) is 11.5. The van der Waals surface area contributed by atoms with Crippen LogP contribution in [0.25, 0.3) is 0 Å². The highest BCUT2D eigenvalue weighted by molar-refractivity contribution is 6.60. The van der Waals surface area contributed by atoms with Crippen LogP contribution in [-0.2, 0) is 78.1 Å². The van der Waals surface area contributed by atoms with E-state index in [4.69, 9.17) is 55.0 Å². The molecule has 2 heterocycles. The van der Waals surface area contributed by atoms with E-state index in [2.05, 4.69) is 106 Å². The molecule has 4 aromatic carbocycles. The average Bonchev–Trinajstić information content (AvgIpc) is 1.45. The topological polar surface area (TPSA) is 203 Å². The van der Waals surface area contributed by atoms with Crippen molar-refractivity contribution < 1.29 is 74.2 Å². The van der Waals surface area contributed by atoms with E-state index in [1.807, 2.05) is 36.4 Å². The Morgan fingerprint density at radius 3 is 1.06 bits per heavy atom. The number of amides is 2. The lowest BCUT2D eigenvalue weighted by atomic mass is 9.51. The van der Waals surface area contributed by atoms with Crippen LogP contribution in [0.1, 0.15) is 153 Å². The van der Waals surface area contributed by atoms with Gasteiger partial charge in [0, 0.05) is 103 Å². The summed E-state index contributed by atoms with van der Waals surface area (Å²) in [6.45, 7) is 26.7. The number of nitrogens with one attached hydrogen (secondary N) is 2. The molecule has 6 rings (SSSR count). The summed E-state index contributed by atoms with van der Waals surface area (Å²) in [5, 5.41) is 5.52. The van der Waals surface area contributed by atoms with Gasteiger partial charge in [0.05, 0.1) is 26.4 Å². The van der Waals surface area contributed by atoms with E-state index in [0.717, 1.165) is 22.3 Å². The SMILES string of the molecule is CO[Si](CCCNC(=O)OCCCOc1ccc(C2(C3(c4ccc(OCCCOC(=O)NCCC[Si](OC)(OC)OC)cc4)C(=O)Oc4c(C(C)(C)C)cc(C(C)(C)C)cc43)C(=O)Oc3c(C(C)(C)C)cc(C(C)(C)C)cc32)cc1)(OC)OC. The van der Waals surface area contributed by atoms with Gasteiger partial charge >= 0.3 is 41.7 Å². The Labute approximate surface area is 500 Å². The van der Waals surface area contributed by atoms with Crippen molar-refractivity contribution in [2.45, 2.75) is 153 Å². The van der Waals surface area contributed by atoms with Gasteiger partial charge in [0.15, 0.2) is 0 Å². The monoisotopic (exact) mass is 1200 g/mol. The van der Waals surface area contributed by atoms with Crippen LogP contribution in [0.3, 0.4) is 0 Å². The van der Waals surface area contributed by atoms with E-state index in [1.165, 1.54) is 0 Å². The van der Waals surface area contributed by atoms with Crippen LogP contribution in [0.2, 0.25) is 12.1 Å². The molecule has 2 N–H and O–H groups in total. The quantitative estimate of drug-likeness (QED) is 0.0247. The first-order valence-corrected chi connectivity index (χ1v) is 32.8. The Kier molecular flexibility index (Phi) is 21.8. The second-order valence-corrected chi connectivity index (χ2v) is 31.6. The highest BCUT2D eigenvalue weighted by Crippen LogP contribution is 2.65. The number of benzene rings is 4. The molecule has 2 aliphatic rings. The highest BCUT2D eigenvalue weighted by atomic mass is 28.4. The molecule has 2 aliphatic heterocycles. The summed E-state index contributed by atoms with van der Waals surface area (Å²) in [5.41, 5.74) is -0.125. The molecule has 0 aliphatic carbocycles. The third kappa shape index (κ3) is 14.3. The van der Waals surface area contributed by atoms with Crippen LogP contribution >= 0.6 is 0 Å². The number of rotatable bonds is 27. The molecule has 462 valence electrons. The van der Waals surface area contributed by atoms with Gasteiger partial charge in [-0.1, -0.05) is 119 Å². The molecule has 0 spiro atoms. The molecule has 0 radical (unpaired) electrons. The van der Waals surface area contributed by atoms with Crippen molar-refractivity contribution in [3.8, 4) is 23.0 Å². The minimum absolute atomic E-state index is 0.104. The number of carbonyl (C=O) groups excluding carboxylic acids is 4. The summed E-state index contributed by atoms with van der Waals surface area (Å²) < 4.78 is 69.8. The minimum atomic E-state index is -2.76. The van der Waals surface area contributed by atoms with Gasteiger partial charge in [0.1, 0.15) is 33.8 Å². The first kappa shape index (κ1) is 67.3. The maximum atomic E-state index is 16.3. The molecule has 2 unspecified atom stereocenters. The van der Waals surface area contributed by atoms with Crippen LogP contribution in [0.5, 0.6) is 23.0 Å². The minimum Gasteiger partial charge on any atom is -0.493 e. The number of alkyl carbamates (subject to hydrolysis) is 2. The molecule has 0 saturated heterocycles. The summed E-state index contributed by atoms with van der Waals surface area (Å²) in [6, 6.07) is 23.9. The predicted molar refractivity (Wildman–Crippen MR) is 325 cm³/mol. The fourth-order valence-electron chi connectivity index (χ4n) is 10.9. The van der Waals surface area contributed by atoms with Gasteiger partial charge in [-0.3, -0.25) is 9.59 Å². The van der Waals surface area contributed by atoms with E-state index in [1.54, 1.807) is 66.9 Å². The average molecular weight is 1200 g/mol. The summed E-state index contributed by atoms with van der Waals surface area (Å²) >= 11 is 0. The van der Waals surface area contributed by atoms with Crippen molar-refractivity contribution in [2.75, 3.05) is 82.2 Å². The number of carbonyl (C=O) groups is 4. The van der Waals surface area contributed by atoms with E-state index in [-0.39, 0.29) is 26.4 Å². The molecular formula is C64H92N2O16Si2. The number of hydrogen-bond donors (Lipinski definition) is 2. The molecule has 2 amide bonds. The largest absolute Gasteiger partial charge is 0.500 e. The lowest BCUT2D eigenvalue weighted by Crippen LogP contribution is -2.58. The Morgan fingerprint density at radius 1 is 0.452 bits per heavy atom. The van der Waals surface area contributed by atoms with Gasteiger partial charge in [-0.2, -0.15) is 0 Å². The number of ether oxygens (including phenoxy) is 6. The van der Waals surface area contributed by atoms with Crippen LogP contribution in [0.15, 0.2) is 72.8 Å². The molecule has 20 heteroatoms. The second-order valence-electron chi connectivity index (χ2n) is 25.5. The van der Waals surface area contributed by atoms with Crippen LogP contribution in [-0.4, -0.2) is 124 Å². The molecule has 0 bridgehead atoms. The second kappa shape index (κ2) is 27.2.